The zero-order chi connectivity index (χ0) is 23.2. The fourth-order valence-corrected chi connectivity index (χ4v) is 3.50. The summed E-state index contributed by atoms with van der Waals surface area (Å²) in [5, 5.41) is 12.7. The summed E-state index contributed by atoms with van der Waals surface area (Å²) in [7, 11) is 1.09. The number of anilines is 1. The minimum atomic E-state index is -5.04. The number of alkyl halides is 3. The molecule has 3 N–H and O–H groups in total. The Hall–Kier alpha value is -3.70. The van der Waals surface area contributed by atoms with E-state index in [1.54, 1.807) is 6.07 Å². The lowest BCUT2D eigenvalue weighted by atomic mass is 9.79. The highest BCUT2D eigenvalue weighted by atomic mass is 19.4. The molecule has 1 fully saturated rings. The zero-order valence-electron chi connectivity index (χ0n) is 16.6. The van der Waals surface area contributed by atoms with Crippen LogP contribution in [-0.2, 0) is 13.2 Å². The lowest BCUT2D eigenvalue weighted by Crippen LogP contribution is -2.13. The summed E-state index contributed by atoms with van der Waals surface area (Å²) in [6.07, 6.45) is -0.182. The first-order valence-corrected chi connectivity index (χ1v) is 9.53. The number of carboxylic acid groups (broad SMARTS) is 1. The number of aromatic nitrogens is 4. The molecule has 0 radical (unpaired) electrons. The first-order chi connectivity index (χ1) is 15.1. The standard InChI is InChI=1S/C20H17F4N5O3/c1-29-18(14(19(30)31)17(28-29)20(22,23)24)32-16-10(9-3-2-4-9)5-6-11(15(16)21)12-7-27-13(25)8-26-12/h5-9H,2-4H2,1H3,(H2,25,27)(H,30,31). The molecule has 8 nitrogen and oxygen atoms in total. The van der Waals surface area contributed by atoms with Gasteiger partial charge < -0.3 is 15.6 Å². The number of nitrogens with two attached hydrogens (primary N) is 1. The quantitative estimate of drug-likeness (QED) is 0.553. The van der Waals surface area contributed by atoms with Crippen LogP contribution in [0.15, 0.2) is 24.5 Å². The van der Waals surface area contributed by atoms with Gasteiger partial charge in [0.05, 0.1) is 18.1 Å². The van der Waals surface area contributed by atoms with Crippen molar-refractivity contribution in [3.8, 4) is 22.9 Å². The van der Waals surface area contributed by atoms with E-state index in [1.165, 1.54) is 18.5 Å². The van der Waals surface area contributed by atoms with Gasteiger partial charge in [-0.1, -0.05) is 12.5 Å². The van der Waals surface area contributed by atoms with E-state index in [0.29, 0.717) is 10.2 Å². The fraction of sp³-hybridized carbons (Fsp3) is 0.300. The van der Waals surface area contributed by atoms with Crippen molar-refractivity contribution in [1.82, 2.24) is 19.7 Å². The molecule has 1 saturated carbocycles. The number of hydrogen-bond donors (Lipinski definition) is 2. The van der Waals surface area contributed by atoms with E-state index in [4.69, 9.17) is 10.5 Å². The van der Waals surface area contributed by atoms with E-state index in [-0.39, 0.29) is 28.7 Å². The molecule has 1 aromatic carbocycles. The maximum atomic E-state index is 15.6. The van der Waals surface area contributed by atoms with Crippen LogP contribution in [0, 0.1) is 5.82 Å². The van der Waals surface area contributed by atoms with Crippen LogP contribution in [0.5, 0.6) is 11.6 Å². The lowest BCUT2D eigenvalue weighted by molar-refractivity contribution is -0.141. The van der Waals surface area contributed by atoms with Gasteiger partial charge in [0.1, 0.15) is 5.82 Å². The number of aromatic carboxylic acids is 1. The van der Waals surface area contributed by atoms with Gasteiger partial charge in [0.25, 0.3) is 0 Å². The third-order valence-electron chi connectivity index (χ3n) is 5.30. The average Bonchev–Trinajstić information content (AvgIpc) is 3.01. The van der Waals surface area contributed by atoms with Gasteiger partial charge in [-0.15, -0.1) is 0 Å². The molecule has 0 atom stereocenters. The number of benzene rings is 1. The molecule has 4 rings (SSSR count). The maximum absolute atomic E-state index is 15.6. The SMILES string of the molecule is Cn1nc(C(F)(F)F)c(C(=O)O)c1Oc1c(C2CCC2)ccc(-c2cnc(N)cn2)c1F. The summed E-state index contributed by atoms with van der Waals surface area (Å²) < 4.78 is 61.7. The van der Waals surface area contributed by atoms with Gasteiger partial charge in [0.2, 0.25) is 5.88 Å². The minimum Gasteiger partial charge on any atom is -0.477 e. The molecule has 12 heteroatoms. The van der Waals surface area contributed by atoms with Crippen molar-refractivity contribution in [2.24, 2.45) is 7.05 Å². The topological polar surface area (TPSA) is 116 Å². The van der Waals surface area contributed by atoms with Crippen LogP contribution >= 0.6 is 0 Å². The fourth-order valence-electron chi connectivity index (χ4n) is 3.50. The maximum Gasteiger partial charge on any atom is 0.436 e. The number of carboxylic acids is 1. The average molecular weight is 451 g/mol. The molecular weight excluding hydrogens is 434 g/mol. The highest BCUT2D eigenvalue weighted by molar-refractivity contribution is 5.92. The van der Waals surface area contributed by atoms with Crippen molar-refractivity contribution >= 4 is 11.8 Å². The van der Waals surface area contributed by atoms with Crippen LogP contribution in [-0.4, -0.2) is 30.8 Å². The normalized spacial score (nSPS) is 14.3. The monoisotopic (exact) mass is 451 g/mol. The molecule has 2 heterocycles. The van der Waals surface area contributed by atoms with E-state index in [2.05, 4.69) is 15.1 Å². The summed E-state index contributed by atoms with van der Waals surface area (Å²) in [5.41, 5.74) is 3.21. The van der Waals surface area contributed by atoms with Crippen LogP contribution in [0.3, 0.4) is 0 Å². The molecule has 1 aliphatic rings. The predicted octanol–water partition coefficient (Wildman–Crippen LogP) is 4.38. The summed E-state index contributed by atoms with van der Waals surface area (Å²) in [5.74, 6) is -3.85. The predicted molar refractivity (Wildman–Crippen MR) is 104 cm³/mol. The Morgan fingerprint density at radius 2 is 1.97 bits per heavy atom. The van der Waals surface area contributed by atoms with Crippen molar-refractivity contribution in [1.29, 1.82) is 0 Å². The molecule has 0 aliphatic heterocycles. The van der Waals surface area contributed by atoms with Gasteiger partial charge in [-0.2, -0.15) is 18.3 Å². The van der Waals surface area contributed by atoms with Gasteiger partial charge in [-0.3, -0.25) is 4.98 Å². The Morgan fingerprint density at radius 1 is 1.25 bits per heavy atom. The summed E-state index contributed by atoms with van der Waals surface area (Å²) in [6, 6.07) is 3.07. The van der Waals surface area contributed by atoms with Crippen LogP contribution in [0.25, 0.3) is 11.3 Å². The molecule has 1 aliphatic carbocycles. The van der Waals surface area contributed by atoms with Gasteiger partial charge in [-0.05, 0) is 24.8 Å². The van der Waals surface area contributed by atoms with Crippen LogP contribution < -0.4 is 10.5 Å². The van der Waals surface area contributed by atoms with Crippen LogP contribution in [0.4, 0.5) is 23.4 Å². The van der Waals surface area contributed by atoms with E-state index < -0.39 is 35.1 Å². The Balaban J connectivity index is 1.88. The van der Waals surface area contributed by atoms with Crippen molar-refractivity contribution in [2.45, 2.75) is 31.4 Å². The molecular formula is C20H17F4N5O3. The van der Waals surface area contributed by atoms with Crippen molar-refractivity contribution in [2.75, 3.05) is 5.73 Å². The molecule has 0 saturated heterocycles. The number of hydrogen-bond acceptors (Lipinski definition) is 6. The molecule has 0 unspecified atom stereocenters. The molecule has 0 bridgehead atoms. The molecule has 2 aromatic heterocycles. The van der Waals surface area contributed by atoms with Gasteiger partial charge in [-0.25, -0.2) is 18.9 Å². The second-order valence-electron chi connectivity index (χ2n) is 7.36. The number of nitrogen functional groups attached to an aromatic ring is 1. The van der Waals surface area contributed by atoms with Crippen LogP contribution in [0.2, 0.25) is 0 Å². The Morgan fingerprint density at radius 3 is 2.50 bits per heavy atom. The van der Waals surface area contributed by atoms with Gasteiger partial charge in [0.15, 0.2) is 22.8 Å². The summed E-state index contributed by atoms with van der Waals surface area (Å²) in [4.78, 5) is 19.5. The molecule has 0 amide bonds. The first kappa shape index (κ1) is 21.5. The van der Waals surface area contributed by atoms with E-state index in [1.807, 2.05) is 0 Å². The first-order valence-electron chi connectivity index (χ1n) is 9.53. The van der Waals surface area contributed by atoms with E-state index in [0.717, 1.165) is 26.3 Å². The van der Waals surface area contributed by atoms with Crippen molar-refractivity contribution in [3.63, 3.8) is 0 Å². The third-order valence-corrected chi connectivity index (χ3v) is 5.30. The van der Waals surface area contributed by atoms with Gasteiger partial charge in [0, 0.05) is 18.2 Å². The largest absolute Gasteiger partial charge is 0.477 e. The Bertz CT molecular complexity index is 1190. The van der Waals surface area contributed by atoms with Crippen LogP contribution in [0.1, 0.15) is 46.8 Å². The second-order valence-corrected chi connectivity index (χ2v) is 7.36. The highest BCUT2D eigenvalue weighted by Crippen LogP contribution is 2.46. The third kappa shape index (κ3) is 3.72. The molecule has 0 spiro atoms. The zero-order valence-corrected chi connectivity index (χ0v) is 16.6. The lowest BCUT2D eigenvalue weighted by Gasteiger charge is -2.28. The highest BCUT2D eigenvalue weighted by Gasteiger charge is 2.42. The van der Waals surface area contributed by atoms with Crippen molar-refractivity contribution in [3.05, 3.63) is 47.2 Å². The minimum absolute atomic E-state index is 0.0225. The van der Waals surface area contributed by atoms with Gasteiger partial charge >= 0.3 is 12.1 Å². The molecule has 168 valence electrons. The second kappa shape index (κ2) is 7.77. The molecule has 3 aromatic rings. The summed E-state index contributed by atoms with van der Waals surface area (Å²) in [6.45, 7) is 0. The van der Waals surface area contributed by atoms with E-state index in [9.17, 15) is 23.1 Å². The smallest absolute Gasteiger partial charge is 0.436 e. The van der Waals surface area contributed by atoms with Crippen molar-refractivity contribution < 1.29 is 32.2 Å². The Kier molecular flexibility index (Phi) is 5.23. The number of ether oxygens (including phenoxy) is 1. The molecule has 32 heavy (non-hydrogen) atoms. The number of rotatable bonds is 5. The summed E-state index contributed by atoms with van der Waals surface area (Å²) >= 11 is 0. The van der Waals surface area contributed by atoms with E-state index >= 15 is 4.39 Å². The number of aryl methyl sites for hydroxylation is 1. The number of carbonyl (C=O) groups is 1. The number of halogens is 4. The Labute approximate surface area is 178 Å². The number of nitrogens with zero attached hydrogens (tertiary/aromatic N) is 4.